The predicted octanol–water partition coefficient (Wildman–Crippen LogP) is 0.517. The first-order valence-electron chi connectivity index (χ1n) is 4.40. The van der Waals surface area contributed by atoms with E-state index in [9.17, 15) is 0 Å². The predicted molar refractivity (Wildman–Crippen MR) is 61.5 cm³/mol. The Morgan fingerprint density at radius 3 is 1.29 bits per heavy atom. The second kappa shape index (κ2) is 5.25. The van der Waals surface area contributed by atoms with Crippen LogP contribution >= 0.6 is 0 Å². The summed E-state index contributed by atoms with van der Waals surface area (Å²) in [6.45, 7) is 0. The van der Waals surface area contributed by atoms with E-state index in [0.717, 1.165) is 0 Å². The summed E-state index contributed by atoms with van der Waals surface area (Å²) in [5.74, 6) is 0. The van der Waals surface area contributed by atoms with Crippen molar-refractivity contribution in [2.75, 3.05) is 0 Å². The van der Waals surface area contributed by atoms with Crippen LogP contribution in [0.15, 0.2) is 60.7 Å². The van der Waals surface area contributed by atoms with E-state index < -0.39 is 0 Å². The minimum Gasteiger partial charge on any atom is -0.412 e. The molecule has 2 rings (SSSR count). The molecule has 2 N–H and O–H groups in total. The molecule has 69 valence electrons. The van der Waals surface area contributed by atoms with Gasteiger partial charge in [0.25, 0.3) is 0 Å². The molecule has 0 aliphatic heterocycles. The topological polar surface area (TPSA) is 31.5 Å². The molecule has 0 saturated carbocycles. The molecule has 0 amide bonds. The number of hydrogen-bond acceptors (Lipinski definition) is 0. The molecule has 0 spiro atoms. The Morgan fingerprint density at radius 1 is 0.571 bits per heavy atom. The second-order valence-electron chi connectivity index (χ2n) is 2.97. The molecule has 0 aliphatic rings. The monoisotopic (exact) mass is 183 g/mol. The van der Waals surface area contributed by atoms with Crippen molar-refractivity contribution >= 4 is 18.2 Å². The van der Waals surface area contributed by atoms with Crippen LogP contribution in [-0.2, 0) is 0 Å². The van der Waals surface area contributed by atoms with Crippen molar-refractivity contribution in [1.82, 2.24) is 0 Å². The number of hydrogen-bond donors (Lipinski definition) is 0. The number of rotatable bonds is 2. The van der Waals surface area contributed by atoms with Gasteiger partial charge in [0.15, 0.2) is 7.28 Å². The third-order valence-corrected chi connectivity index (χ3v) is 1.93. The van der Waals surface area contributed by atoms with Crippen molar-refractivity contribution in [1.29, 1.82) is 0 Å². The van der Waals surface area contributed by atoms with Crippen LogP contribution in [0.25, 0.3) is 0 Å². The van der Waals surface area contributed by atoms with Crippen LogP contribution in [0.1, 0.15) is 0 Å². The van der Waals surface area contributed by atoms with Crippen LogP contribution < -0.4 is 10.9 Å². The SMILES string of the molecule is O.[B](c1ccccc1)c1ccccc1. The lowest BCUT2D eigenvalue weighted by Gasteiger charge is -1.98. The zero-order valence-corrected chi connectivity index (χ0v) is 7.85. The molecule has 1 radical (unpaired) electrons. The van der Waals surface area contributed by atoms with Crippen LogP contribution in [0.4, 0.5) is 0 Å². The molecule has 0 saturated heterocycles. The van der Waals surface area contributed by atoms with E-state index in [2.05, 4.69) is 55.8 Å². The van der Waals surface area contributed by atoms with Crippen LogP contribution in [0.3, 0.4) is 0 Å². The first-order chi connectivity index (χ1) is 6.45. The smallest absolute Gasteiger partial charge is 0.191 e. The Kier molecular flexibility index (Phi) is 3.95. The molecule has 0 unspecified atom stereocenters. The summed E-state index contributed by atoms with van der Waals surface area (Å²) >= 11 is 0. The molecule has 0 atom stereocenters. The molecule has 1 nitrogen and oxygen atoms in total. The highest BCUT2D eigenvalue weighted by Gasteiger charge is 1.95. The molecule has 0 fully saturated rings. The van der Waals surface area contributed by atoms with E-state index in [0.29, 0.717) is 0 Å². The standard InChI is InChI=1S/C12H10B.H2O/c1-3-7-11(8-4-1)13-12-9-5-2-6-10-12;/h1-10H;1H2. The molecular weight excluding hydrogens is 171 g/mol. The highest BCUT2D eigenvalue weighted by Crippen LogP contribution is 1.84. The minimum atomic E-state index is 0. The average molecular weight is 183 g/mol. The zero-order chi connectivity index (χ0) is 8.93. The van der Waals surface area contributed by atoms with E-state index in [-0.39, 0.29) is 5.48 Å². The first-order valence-corrected chi connectivity index (χ1v) is 4.40. The van der Waals surface area contributed by atoms with Gasteiger partial charge in [0, 0.05) is 0 Å². The summed E-state index contributed by atoms with van der Waals surface area (Å²) in [4.78, 5) is 0. The van der Waals surface area contributed by atoms with Gasteiger partial charge in [0.2, 0.25) is 0 Å². The van der Waals surface area contributed by atoms with Gasteiger partial charge >= 0.3 is 0 Å². The van der Waals surface area contributed by atoms with Gasteiger partial charge in [0.1, 0.15) is 0 Å². The summed E-state index contributed by atoms with van der Waals surface area (Å²) in [6, 6.07) is 20.7. The Balaban J connectivity index is 0.000000980. The molecule has 0 aliphatic carbocycles. The lowest BCUT2D eigenvalue weighted by atomic mass is 9.64. The lowest BCUT2D eigenvalue weighted by molar-refractivity contribution is 0.824. The average Bonchev–Trinajstić information content (AvgIpc) is 2.21. The fraction of sp³-hybridized carbons (Fsp3) is 0. The van der Waals surface area contributed by atoms with Crippen molar-refractivity contribution in [3.05, 3.63) is 60.7 Å². The van der Waals surface area contributed by atoms with E-state index in [1.165, 1.54) is 10.9 Å². The van der Waals surface area contributed by atoms with Gasteiger partial charge in [-0.1, -0.05) is 71.6 Å². The fourth-order valence-corrected chi connectivity index (χ4v) is 1.29. The maximum absolute atomic E-state index is 2.17. The van der Waals surface area contributed by atoms with Gasteiger partial charge in [0.05, 0.1) is 0 Å². The van der Waals surface area contributed by atoms with Crippen LogP contribution in [0, 0.1) is 0 Å². The molecule has 2 aromatic carbocycles. The molecule has 2 heteroatoms. The van der Waals surface area contributed by atoms with Crippen LogP contribution in [0.2, 0.25) is 0 Å². The normalized spacial score (nSPS) is 8.86. The highest BCUT2D eigenvalue weighted by molar-refractivity contribution is 6.67. The number of benzene rings is 2. The quantitative estimate of drug-likeness (QED) is 0.608. The Labute approximate surface area is 85.0 Å². The maximum Gasteiger partial charge on any atom is 0.191 e. The lowest BCUT2D eigenvalue weighted by Crippen LogP contribution is -2.26. The summed E-state index contributed by atoms with van der Waals surface area (Å²) in [5, 5.41) is 0. The fourth-order valence-electron chi connectivity index (χ4n) is 1.29. The van der Waals surface area contributed by atoms with E-state index >= 15 is 0 Å². The summed E-state index contributed by atoms with van der Waals surface area (Å²) in [6.07, 6.45) is 0. The van der Waals surface area contributed by atoms with Crippen molar-refractivity contribution < 1.29 is 5.48 Å². The first kappa shape index (κ1) is 10.5. The van der Waals surface area contributed by atoms with E-state index in [1.54, 1.807) is 0 Å². The summed E-state index contributed by atoms with van der Waals surface area (Å²) in [7, 11) is 2.17. The summed E-state index contributed by atoms with van der Waals surface area (Å²) < 4.78 is 0. The Hall–Kier alpha value is -1.54. The zero-order valence-electron chi connectivity index (χ0n) is 7.85. The van der Waals surface area contributed by atoms with Gasteiger partial charge < -0.3 is 5.48 Å². The third-order valence-electron chi connectivity index (χ3n) is 1.93. The molecule has 0 aromatic heterocycles. The third kappa shape index (κ3) is 2.75. The van der Waals surface area contributed by atoms with Crippen LogP contribution in [0.5, 0.6) is 0 Å². The van der Waals surface area contributed by atoms with Gasteiger partial charge in [-0.15, -0.1) is 0 Å². The Bertz CT molecular complexity index is 321. The largest absolute Gasteiger partial charge is 0.412 e. The van der Waals surface area contributed by atoms with E-state index in [1.807, 2.05) is 12.1 Å². The second-order valence-corrected chi connectivity index (χ2v) is 2.97. The van der Waals surface area contributed by atoms with Crippen molar-refractivity contribution in [3.63, 3.8) is 0 Å². The molecule has 0 bridgehead atoms. The molecule has 14 heavy (non-hydrogen) atoms. The maximum atomic E-state index is 2.17. The van der Waals surface area contributed by atoms with Crippen molar-refractivity contribution in [2.24, 2.45) is 0 Å². The van der Waals surface area contributed by atoms with Gasteiger partial charge in [-0.25, -0.2) is 0 Å². The van der Waals surface area contributed by atoms with Crippen molar-refractivity contribution in [2.45, 2.75) is 0 Å². The minimum absolute atomic E-state index is 0. The van der Waals surface area contributed by atoms with Gasteiger partial charge in [-0.05, 0) is 0 Å². The van der Waals surface area contributed by atoms with Crippen LogP contribution in [-0.4, -0.2) is 12.8 Å². The molecule has 0 heterocycles. The summed E-state index contributed by atoms with van der Waals surface area (Å²) in [5.41, 5.74) is 2.49. The molecule has 2 aromatic rings. The van der Waals surface area contributed by atoms with E-state index in [4.69, 9.17) is 0 Å². The Morgan fingerprint density at radius 2 is 0.929 bits per heavy atom. The van der Waals surface area contributed by atoms with Gasteiger partial charge in [-0.2, -0.15) is 0 Å². The van der Waals surface area contributed by atoms with Crippen molar-refractivity contribution in [3.8, 4) is 0 Å². The highest BCUT2D eigenvalue weighted by atomic mass is 16.0. The molecular formula is C12H12BO. The van der Waals surface area contributed by atoms with Gasteiger partial charge in [-0.3, -0.25) is 0 Å².